The fourth-order valence-corrected chi connectivity index (χ4v) is 5.21. The Morgan fingerprint density at radius 3 is 2.81 bits per heavy atom. The van der Waals surface area contributed by atoms with Gasteiger partial charge in [-0.3, -0.25) is 14.2 Å². The maximum Gasteiger partial charge on any atom is 0.263 e. The van der Waals surface area contributed by atoms with Gasteiger partial charge in [0.2, 0.25) is 5.91 Å². The van der Waals surface area contributed by atoms with E-state index in [0.717, 1.165) is 20.8 Å². The molecule has 0 fully saturated rings. The highest BCUT2D eigenvalue weighted by Crippen LogP contribution is 2.29. The van der Waals surface area contributed by atoms with Crippen molar-refractivity contribution in [3.8, 4) is 0 Å². The number of thioether (sulfide) groups is 1. The zero-order valence-electron chi connectivity index (χ0n) is 18.1. The van der Waals surface area contributed by atoms with E-state index in [0.29, 0.717) is 47.4 Å². The first-order valence-electron chi connectivity index (χ1n) is 10.1. The number of aryl methyl sites for hydroxylation is 2. The van der Waals surface area contributed by atoms with Crippen molar-refractivity contribution in [1.29, 1.82) is 0 Å². The molecule has 1 amide bonds. The number of aromatic nitrogens is 2. The molecule has 6 nitrogen and oxygen atoms in total. The van der Waals surface area contributed by atoms with Gasteiger partial charge in [0, 0.05) is 35.3 Å². The van der Waals surface area contributed by atoms with Crippen molar-refractivity contribution >= 4 is 56.5 Å². The van der Waals surface area contributed by atoms with Crippen LogP contribution >= 0.6 is 34.7 Å². The second-order valence-electron chi connectivity index (χ2n) is 7.11. The molecule has 0 spiro atoms. The molecule has 0 aliphatic rings. The smallest absolute Gasteiger partial charge is 0.263 e. The maximum absolute atomic E-state index is 13.2. The topological polar surface area (TPSA) is 73.2 Å². The fraction of sp³-hybridized carbons (Fsp3) is 0.409. The zero-order valence-corrected chi connectivity index (χ0v) is 20.5. The van der Waals surface area contributed by atoms with Crippen molar-refractivity contribution in [2.75, 3.05) is 24.3 Å². The number of benzene rings is 1. The molecule has 166 valence electrons. The quantitative estimate of drug-likeness (QED) is 0.259. The van der Waals surface area contributed by atoms with Crippen LogP contribution in [0.4, 0.5) is 5.69 Å². The first kappa shape index (κ1) is 23.8. The number of rotatable bonds is 9. The van der Waals surface area contributed by atoms with Crippen LogP contribution < -0.4 is 10.9 Å². The lowest BCUT2D eigenvalue weighted by atomic mass is 10.2. The van der Waals surface area contributed by atoms with Crippen molar-refractivity contribution in [3.63, 3.8) is 0 Å². The summed E-state index contributed by atoms with van der Waals surface area (Å²) in [5.41, 5.74) is 2.42. The van der Waals surface area contributed by atoms with Gasteiger partial charge in [-0.1, -0.05) is 29.4 Å². The van der Waals surface area contributed by atoms with Crippen molar-refractivity contribution in [2.24, 2.45) is 0 Å². The van der Waals surface area contributed by atoms with Gasteiger partial charge >= 0.3 is 0 Å². The molecule has 0 radical (unpaired) electrons. The number of halogens is 1. The minimum atomic E-state index is -0.177. The third-order valence-corrected chi connectivity index (χ3v) is 7.49. The predicted octanol–water partition coefficient (Wildman–Crippen LogP) is 5.19. The number of nitrogens with zero attached hydrogens (tertiary/aromatic N) is 2. The van der Waals surface area contributed by atoms with Crippen LogP contribution in [0.15, 0.2) is 28.2 Å². The number of hydrogen-bond acceptors (Lipinski definition) is 6. The number of hydrogen-bond donors (Lipinski definition) is 1. The first-order chi connectivity index (χ1) is 14.8. The zero-order chi connectivity index (χ0) is 22.5. The lowest BCUT2D eigenvalue weighted by Crippen LogP contribution is -2.25. The van der Waals surface area contributed by atoms with Crippen molar-refractivity contribution in [1.82, 2.24) is 9.55 Å². The Hall–Kier alpha value is -1.87. The van der Waals surface area contributed by atoms with Gasteiger partial charge in [0.1, 0.15) is 4.83 Å². The molecule has 0 saturated heterocycles. The van der Waals surface area contributed by atoms with Gasteiger partial charge < -0.3 is 10.1 Å². The van der Waals surface area contributed by atoms with Crippen LogP contribution in [0.2, 0.25) is 5.02 Å². The summed E-state index contributed by atoms with van der Waals surface area (Å²) < 4.78 is 7.09. The molecule has 2 heterocycles. The Morgan fingerprint density at radius 1 is 1.29 bits per heavy atom. The van der Waals surface area contributed by atoms with Crippen LogP contribution in [-0.4, -0.2) is 34.4 Å². The number of thiophene rings is 1. The molecule has 0 aliphatic carbocycles. The number of ether oxygens (including phenoxy) is 1. The highest BCUT2D eigenvalue weighted by molar-refractivity contribution is 7.99. The summed E-state index contributed by atoms with van der Waals surface area (Å²) >= 11 is 8.91. The van der Waals surface area contributed by atoms with Crippen LogP contribution in [0.5, 0.6) is 0 Å². The number of fused-ring (bicyclic) bond motifs is 1. The third-order valence-electron chi connectivity index (χ3n) is 5.00. The van der Waals surface area contributed by atoms with Gasteiger partial charge in [0.05, 0.1) is 11.1 Å². The van der Waals surface area contributed by atoms with E-state index >= 15 is 0 Å². The molecule has 1 N–H and O–H groups in total. The molecule has 0 unspecified atom stereocenters. The standard InChI is InChI=1S/C22H26ClN3O3S2/c1-5-29-11-7-10-26-21(28)19-13(2)15(4)31-20(19)25-22(26)30-12-18(27)24-17-9-6-8-16(23)14(17)3/h6,8-9H,5,7,10-12H2,1-4H3,(H,24,27). The Morgan fingerprint density at radius 2 is 2.06 bits per heavy atom. The van der Waals surface area contributed by atoms with Crippen LogP contribution in [-0.2, 0) is 16.1 Å². The SMILES string of the molecule is CCOCCCn1c(SCC(=O)Nc2cccc(Cl)c2C)nc2sc(C)c(C)c2c1=O. The van der Waals surface area contributed by atoms with Crippen LogP contribution in [0, 0.1) is 20.8 Å². The summed E-state index contributed by atoms with van der Waals surface area (Å²) in [6.45, 7) is 9.45. The molecular formula is C22H26ClN3O3S2. The van der Waals surface area contributed by atoms with E-state index in [2.05, 4.69) is 5.32 Å². The lowest BCUT2D eigenvalue weighted by molar-refractivity contribution is -0.113. The Kier molecular flexibility index (Phi) is 8.16. The molecule has 3 rings (SSSR count). The van der Waals surface area contributed by atoms with E-state index in [1.54, 1.807) is 16.7 Å². The van der Waals surface area contributed by atoms with Crippen molar-refractivity contribution < 1.29 is 9.53 Å². The van der Waals surface area contributed by atoms with E-state index in [9.17, 15) is 9.59 Å². The summed E-state index contributed by atoms with van der Waals surface area (Å²) in [4.78, 5) is 32.3. The first-order valence-corrected chi connectivity index (χ1v) is 12.3. The number of carbonyl (C=O) groups is 1. The minimum Gasteiger partial charge on any atom is -0.382 e. The predicted molar refractivity (Wildman–Crippen MR) is 130 cm³/mol. The third kappa shape index (κ3) is 5.49. The van der Waals surface area contributed by atoms with Crippen LogP contribution in [0.1, 0.15) is 29.3 Å². The number of nitrogens with one attached hydrogen (secondary N) is 1. The average Bonchev–Trinajstić information content (AvgIpc) is 3.02. The van der Waals surface area contributed by atoms with E-state index in [4.69, 9.17) is 21.3 Å². The van der Waals surface area contributed by atoms with Gasteiger partial charge in [0.25, 0.3) is 5.56 Å². The van der Waals surface area contributed by atoms with Crippen molar-refractivity contribution in [3.05, 3.63) is 49.6 Å². The number of anilines is 1. The molecule has 0 atom stereocenters. The molecule has 3 aromatic rings. The summed E-state index contributed by atoms with van der Waals surface area (Å²) in [6, 6.07) is 5.40. The Labute approximate surface area is 195 Å². The molecule has 31 heavy (non-hydrogen) atoms. The Bertz CT molecular complexity index is 1160. The minimum absolute atomic E-state index is 0.0584. The summed E-state index contributed by atoms with van der Waals surface area (Å²) in [5.74, 6) is -0.0391. The van der Waals surface area contributed by atoms with Crippen LogP contribution in [0.25, 0.3) is 10.2 Å². The fourth-order valence-electron chi connectivity index (χ4n) is 3.14. The normalized spacial score (nSPS) is 11.3. The maximum atomic E-state index is 13.2. The lowest BCUT2D eigenvalue weighted by Gasteiger charge is -2.13. The second-order valence-corrected chi connectivity index (χ2v) is 9.67. The number of carbonyl (C=O) groups excluding carboxylic acids is 1. The molecule has 0 bridgehead atoms. The molecule has 0 aliphatic heterocycles. The van der Waals surface area contributed by atoms with E-state index in [1.165, 1.54) is 23.1 Å². The summed E-state index contributed by atoms with van der Waals surface area (Å²) in [5, 5.41) is 4.71. The Balaban J connectivity index is 1.83. The molecule has 9 heteroatoms. The highest BCUT2D eigenvalue weighted by Gasteiger charge is 2.18. The molecular weight excluding hydrogens is 454 g/mol. The number of amides is 1. The van der Waals surface area contributed by atoms with Crippen molar-refractivity contribution in [2.45, 2.75) is 45.8 Å². The van der Waals surface area contributed by atoms with Crippen LogP contribution in [0.3, 0.4) is 0 Å². The molecule has 1 aromatic carbocycles. The average molecular weight is 480 g/mol. The van der Waals surface area contributed by atoms with Gasteiger partial charge in [-0.15, -0.1) is 11.3 Å². The largest absolute Gasteiger partial charge is 0.382 e. The summed E-state index contributed by atoms with van der Waals surface area (Å²) in [6.07, 6.45) is 0.699. The highest BCUT2D eigenvalue weighted by atomic mass is 35.5. The van der Waals surface area contributed by atoms with E-state index < -0.39 is 0 Å². The second kappa shape index (κ2) is 10.6. The van der Waals surface area contributed by atoms with Gasteiger partial charge in [-0.2, -0.15) is 0 Å². The summed E-state index contributed by atoms with van der Waals surface area (Å²) in [7, 11) is 0. The van der Waals surface area contributed by atoms with E-state index in [-0.39, 0.29) is 17.2 Å². The van der Waals surface area contributed by atoms with Gasteiger partial charge in [-0.25, -0.2) is 4.98 Å². The molecule has 0 saturated carbocycles. The van der Waals surface area contributed by atoms with Gasteiger partial charge in [-0.05, 0) is 57.4 Å². The monoisotopic (exact) mass is 479 g/mol. The molecule has 2 aromatic heterocycles. The van der Waals surface area contributed by atoms with Gasteiger partial charge in [0.15, 0.2) is 5.16 Å². The van der Waals surface area contributed by atoms with E-state index in [1.807, 2.05) is 33.8 Å².